The van der Waals surface area contributed by atoms with Crippen molar-refractivity contribution in [2.45, 2.75) is 72.3 Å². The Hall–Kier alpha value is -0.570. The van der Waals surface area contributed by atoms with Crippen LogP contribution >= 0.6 is 0 Å². The van der Waals surface area contributed by atoms with Crippen molar-refractivity contribution >= 4 is 5.97 Å². The first-order valence-electron chi connectivity index (χ1n) is 7.68. The molecule has 1 aliphatic carbocycles. The van der Waals surface area contributed by atoms with Crippen molar-refractivity contribution in [3.63, 3.8) is 0 Å². The van der Waals surface area contributed by atoms with Crippen molar-refractivity contribution in [1.82, 2.24) is 0 Å². The summed E-state index contributed by atoms with van der Waals surface area (Å²) >= 11 is 0. The third kappa shape index (κ3) is 5.52. The van der Waals surface area contributed by atoms with Crippen molar-refractivity contribution in [3.8, 4) is 0 Å². The molecule has 0 aromatic carbocycles. The highest BCUT2D eigenvalue weighted by atomic mass is 16.5. The minimum absolute atomic E-state index is 0.429. The third-order valence-corrected chi connectivity index (χ3v) is 4.68. The van der Waals surface area contributed by atoms with Crippen molar-refractivity contribution in [3.05, 3.63) is 0 Å². The number of hydrogen-bond donors (Lipinski definition) is 1. The van der Waals surface area contributed by atoms with Gasteiger partial charge in [-0.2, -0.15) is 0 Å². The van der Waals surface area contributed by atoms with Gasteiger partial charge in [-0.15, -0.1) is 0 Å². The molecule has 0 heterocycles. The molecule has 3 heteroatoms. The fraction of sp³-hybridized carbons (Fsp3) is 0.938. The minimum atomic E-state index is -0.705. The summed E-state index contributed by atoms with van der Waals surface area (Å²) in [5.74, 6) is 0.893. The molecule has 112 valence electrons. The lowest BCUT2D eigenvalue weighted by molar-refractivity contribution is -0.147. The number of hydrogen-bond acceptors (Lipinski definition) is 2. The van der Waals surface area contributed by atoms with Crippen molar-refractivity contribution in [2.24, 2.45) is 17.3 Å². The lowest BCUT2D eigenvalue weighted by Crippen LogP contribution is -2.27. The molecule has 0 amide bonds. The van der Waals surface area contributed by atoms with E-state index in [4.69, 9.17) is 9.84 Å². The topological polar surface area (TPSA) is 46.5 Å². The zero-order valence-corrected chi connectivity index (χ0v) is 12.9. The number of rotatable bonds is 7. The summed E-state index contributed by atoms with van der Waals surface area (Å²) in [7, 11) is 0. The Morgan fingerprint density at radius 2 is 1.89 bits per heavy atom. The molecular formula is C16H30O3. The quantitative estimate of drug-likeness (QED) is 0.708. The molecule has 0 saturated heterocycles. The lowest BCUT2D eigenvalue weighted by atomic mass is 9.80. The van der Waals surface area contributed by atoms with Gasteiger partial charge >= 0.3 is 5.97 Å². The fourth-order valence-corrected chi connectivity index (χ4v) is 2.68. The molecule has 1 saturated carbocycles. The second-order valence-corrected chi connectivity index (χ2v) is 6.91. The number of carboxylic acids is 1. The summed E-state index contributed by atoms with van der Waals surface area (Å²) in [5, 5.41) is 9.02. The smallest absolute Gasteiger partial charge is 0.309 e. The molecule has 0 aromatic heterocycles. The molecule has 1 aliphatic rings. The van der Waals surface area contributed by atoms with Gasteiger partial charge in [0.05, 0.1) is 11.5 Å². The van der Waals surface area contributed by atoms with Crippen LogP contribution in [0, 0.1) is 17.3 Å². The summed E-state index contributed by atoms with van der Waals surface area (Å²) in [6.45, 7) is 9.01. The van der Waals surface area contributed by atoms with Gasteiger partial charge in [0, 0.05) is 6.61 Å². The molecule has 1 rings (SSSR count). The first-order chi connectivity index (χ1) is 8.83. The number of ether oxygens (including phenoxy) is 1. The molecule has 0 aromatic rings. The van der Waals surface area contributed by atoms with Crippen LogP contribution in [0.4, 0.5) is 0 Å². The molecule has 3 nitrogen and oxygen atoms in total. The van der Waals surface area contributed by atoms with E-state index >= 15 is 0 Å². The van der Waals surface area contributed by atoms with Crippen LogP contribution in [-0.4, -0.2) is 23.8 Å². The van der Waals surface area contributed by atoms with Crippen LogP contribution in [0.1, 0.15) is 66.2 Å². The van der Waals surface area contributed by atoms with Crippen LogP contribution in [-0.2, 0) is 9.53 Å². The Kier molecular flexibility index (Phi) is 6.31. The summed E-state index contributed by atoms with van der Waals surface area (Å²) in [5.41, 5.74) is -0.602. The molecule has 0 radical (unpaired) electrons. The van der Waals surface area contributed by atoms with E-state index in [2.05, 4.69) is 13.8 Å². The Bertz CT molecular complexity index is 286. The SMILES string of the molecule is CC1CCC(OCCCCC(C)(C)C(=O)O)CC1C. The number of carboxylic acid groups (broad SMARTS) is 1. The predicted molar refractivity (Wildman–Crippen MR) is 77.2 cm³/mol. The lowest BCUT2D eigenvalue weighted by Gasteiger charge is -2.32. The van der Waals surface area contributed by atoms with E-state index in [0.717, 1.165) is 37.7 Å². The van der Waals surface area contributed by atoms with Crippen molar-refractivity contribution in [1.29, 1.82) is 0 Å². The molecule has 19 heavy (non-hydrogen) atoms. The number of aliphatic carboxylic acids is 1. The van der Waals surface area contributed by atoms with Crippen molar-refractivity contribution in [2.75, 3.05) is 6.61 Å². The van der Waals surface area contributed by atoms with Gasteiger partial charge in [-0.3, -0.25) is 4.79 Å². The Labute approximate surface area is 117 Å². The van der Waals surface area contributed by atoms with E-state index in [0.29, 0.717) is 6.10 Å². The standard InChI is InChI=1S/C16H30O3/c1-12-7-8-14(11-13(12)2)19-10-6-5-9-16(3,4)15(17)18/h12-14H,5-11H2,1-4H3,(H,17,18). The van der Waals surface area contributed by atoms with Gasteiger partial charge in [0.1, 0.15) is 0 Å². The maximum absolute atomic E-state index is 11.0. The Balaban J connectivity index is 2.10. The Morgan fingerprint density at radius 3 is 2.47 bits per heavy atom. The highest BCUT2D eigenvalue weighted by Crippen LogP contribution is 2.31. The molecule has 0 aliphatic heterocycles. The second kappa shape index (κ2) is 7.28. The maximum atomic E-state index is 11.0. The maximum Gasteiger partial charge on any atom is 0.309 e. The van der Waals surface area contributed by atoms with Gasteiger partial charge in [-0.25, -0.2) is 0 Å². The van der Waals surface area contributed by atoms with E-state index in [1.807, 2.05) is 0 Å². The Morgan fingerprint density at radius 1 is 1.21 bits per heavy atom. The summed E-state index contributed by atoms with van der Waals surface area (Å²) in [4.78, 5) is 11.0. The van der Waals surface area contributed by atoms with Crippen LogP contribution < -0.4 is 0 Å². The van der Waals surface area contributed by atoms with Gasteiger partial charge in [0.25, 0.3) is 0 Å². The number of unbranched alkanes of at least 4 members (excludes halogenated alkanes) is 1. The van der Waals surface area contributed by atoms with Gasteiger partial charge in [-0.1, -0.05) is 20.3 Å². The highest BCUT2D eigenvalue weighted by molar-refractivity contribution is 5.73. The molecule has 0 bridgehead atoms. The number of carbonyl (C=O) groups is 1. The van der Waals surface area contributed by atoms with Crippen LogP contribution in [0.3, 0.4) is 0 Å². The van der Waals surface area contributed by atoms with Gasteiger partial charge < -0.3 is 9.84 Å². The molecule has 1 N–H and O–H groups in total. The van der Waals surface area contributed by atoms with Gasteiger partial charge in [0.15, 0.2) is 0 Å². The molecule has 3 unspecified atom stereocenters. The molecular weight excluding hydrogens is 240 g/mol. The van der Waals surface area contributed by atoms with Crippen LogP contribution in [0.5, 0.6) is 0 Å². The fourth-order valence-electron chi connectivity index (χ4n) is 2.68. The van der Waals surface area contributed by atoms with E-state index in [1.54, 1.807) is 13.8 Å². The molecule has 3 atom stereocenters. The zero-order valence-electron chi connectivity index (χ0n) is 12.9. The average molecular weight is 270 g/mol. The predicted octanol–water partition coefficient (Wildman–Crippen LogP) is 4.11. The summed E-state index contributed by atoms with van der Waals surface area (Å²) < 4.78 is 5.93. The molecule has 1 fully saturated rings. The summed E-state index contributed by atoms with van der Waals surface area (Å²) in [6.07, 6.45) is 6.70. The normalized spacial score (nSPS) is 28.3. The van der Waals surface area contributed by atoms with Gasteiger partial charge in [-0.05, 0) is 57.8 Å². The third-order valence-electron chi connectivity index (χ3n) is 4.68. The first kappa shape index (κ1) is 16.5. The zero-order chi connectivity index (χ0) is 14.5. The van der Waals surface area contributed by atoms with E-state index in [-0.39, 0.29) is 0 Å². The van der Waals surface area contributed by atoms with E-state index < -0.39 is 11.4 Å². The average Bonchev–Trinajstić information content (AvgIpc) is 2.33. The van der Waals surface area contributed by atoms with Crippen LogP contribution in [0.15, 0.2) is 0 Å². The van der Waals surface area contributed by atoms with E-state index in [9.17, 15) is 4.79 Å². The van der Waals surface area contributed by atoms with Crippen LogP contribution in [0.2, 0.25) is 0 Å². The largest absolute Gasteiger partial charge is 0.481 e. The van der Waals surface area contributed by atoms with Crippen LogP contribution in [0.25, 0.3) is 0 Å². The van der Waals surface area contributed by atoms with Gasteiger partial charge in [0.2, 0.25) is 0 Å². The summed E-state index contributed by atoms with van der Waals surface area (Å²) in [6, 6.07) is 0. The minimum Gasteiger partial charge on any atom is -0.481 e. The molecule has 0 spiro atoms. The second-order valence-electron chi connectivity index (χ2n) is 6.91. The van der Waals surface area contributed by atoms with Crippen molar-refractivity contribution < 1.29 is 14.6 Å². The monoisotopic (exact) mass is 270 g/mol. The van der Waals surface area contributed by atoms with E-state index in [1.165, 1.54) is 19.3 Å². The first-order valence-corrected chi connectivity index (χ1v) is 7.68. The highest BCUT2D eigenvalue weighted by Gasteiger charge is 2.27.